The second-order valence-corrected chi connectivity index (χ2v) is 8.39. The molecule has 0 saturated carbocycles. The Balaban J connectivity index is 1.47. The molecule has 1 unspecified atom stereocenters. The zero-order valence-electron chi connectivity index (χ0n) is 17.6. The molecular formula is C27H18N4O2. The summed E-state index contributed by atoms with van der Waals surface area (Å²) in [6, 6.07) is 16.1. The van der Waals surface area contributed by atoms with Crippen LogP contribution in [0.5, 0.6) is 0 Å². The van der Waals surface area contributed by atoms with Crippen LogP contribution in [0.4, 0.5) is 0 Å². The second-order valence-electron chi connectivity index (χ2n) is 8.39. The average molecular weight is 430 g/mol. The van der Waals surface area contributed by atoms with Gasteiger partial charge in [0, 0.05) is 34.2 Å². The number of hydrogen-bond acceptors (Lipinski definition) is 6. The molecule has 0 aliphatic carbocycles. The van der Waals surface area contributed by atoms with Gasteiger partial charge in [0.05, 0.1) is 23.9 Å². The number of amidine groups is 2. The molecule has 3 bridgehead atoms. The van der Waals surface area contributed by atoms with Crippen LogP contribution in [0.15, 0.2) is 108 Å². The van der Waals surface area contributed by atoms with Crippen molar-refractivity contribution >= 4 is 51.4 Å². The van der Waals surface area contributed by atoms with Gasteiger partial charge in [-0.05, 0) is 48.4 Å². The van der Waals surface area contributed by atoms with Gasteiger partial charge >= 0.3 is 0 Å². The topological polar surface area (TPSA) is 75.7 Å². The van der Waals surface area contributed by atoms with Crippen molar-refractivity contribution < 1.29 is 8.83 Å². The van der Waals surface area contributed by atoms with E-state index in [1.54, 1.807) is 18.9 Å². The predicted molar refractivity (Wildman–Crippen MR) is 131 cm³/mol. The van der Waals surface area contributed by atoms with E-state index in [0.717, 1.165) is 68.1 Å². The summed E-state index contributed by atoms with van der Waals surface area (Å²) in [5, 5.41) is 2.07. The lowest BCUT2D eigenvalue weighted by molar-refractivity contribution is 0.615. The minimum Gasteiger partial charge on any atom is -0.464 e. The molecule has 0 fully saturated rings. The molecule has 0 amide bonds. The summed E-state index contributed by atoms with van der Waals surface area (Å²) in [5.74, 6) is 1.68. The van der Waals surface area contributed by atoms with Crippen molar-refractivity contribution in [3.63, 3.8) is 0 Å². The van der Waals surface area contributed by atoms with Crippen molar-refractivity contribution in [1.82, 2.24) is 0 Å². The predicted octanol–water partition coefficient (Wildman–Crippen LogP) is 6.20. The van der Waals surface area contributed by atoms with Crippen molar-refractivity contribution in [3.05, 3.63) is 89.9 Å². The molecule has 5 heterocycles. The summed E-state index contributed by atoms with van der Waals surface area (Å²) in [6.07, 6.45) is 10.8. The van der Waals surface area contributed by atoms with Crippen molar-refractivity contribution in [1.29, 1.82) is 0 Å². The molecule has 0 spiro atoms. The Labute approximate surface area is 189 Å². The Hall–Kier alpha value is -4.32. The van der Waals surface area contributed by atoms with E-state index < -0.39 is 0 Å². The molecule has 6 nitrogen and oxygen atoms in total. The standard InChI is InChI=1S/C27H18N4O2/c1-3-18(20-7-9-32-24(20)5-1)22-12-16-11-17-14-26(30-22)28-15-29-27(17)31-23(13-16)19-4-2-6-25-21(19)8-10-33-25/h1-10,12-13,15,17H,11,14H2/b16-12?,22-12-,30-22?,30-26?. The Morgan fingerprint density at radius 1 is 0.758 bits per heavy atom. The number of furan rings is 2. The van der Waals surface area contributed by atoms with Gasteiger partial charge < -0.3 is 8.83 Å². The summed E-state index contributed by atoms with van der Waals surface area (Å²) < 4.78 is 11.3. The van der Waals surface area contributed by atoms with Crippen molar-refractivity contribution in [3.8, 4) is 0 Å². The number of fused-ring (bicyclic) bond motifs is 4. The first-order valence-electron chi connectivity index (χ1n) is 10.9. The van der Waals surface area contributed by atoms with Crippen molar-refractivity contribution in [2.75, 3.05) is 0 Å². The van der Waals surface area contributed by atoms with Crippen LogP contribution in [0, 0.1) is 5.92 Å². The highest BCUT2D eigenvalue weighted by Crippen LogP contribution is 2.34. The van der Waals surface area contributed by atoms with Crippen LogP contribution in [0.2, 0.25) is 0 Å². The minimum atomic E-state index is 0.126. The Morgan fingerprint density at radius 3 is 2.33 bits per heavy atom. The van der Waals surface area contributed by atoms with Crippen LogP contribution in [-0.2, 0) is 0 Å². The van der Waals surface area contributed by atoms with Gasteiger partial charge in [0.2, 0.25) is 0 Å². The van der Waals surface area contributed by atoms with Crippen molar-refractivity contribution in [2.24, 2.45) is 25.9 Å². The molecule has 158 valence electrons. The summed E-state index contributed by atoms with van der Waals surface area (Å²) in [4.78, 5) is 19.1. The molecule has 2 aromatic heterocycles. The molecule has 3 aliphatic rings. The zero-order chi connectivity index (χ0) is 21.8. The van der Waals surface area contributed by atoms with Crippen LogP contribution in [-0.4, -0.2) is 23.7 Å². The summed E-state index contributed by atoms with van der Waals surface area (Å²) in [5.41, 5.74) is 6.62. The van der Waals surface area contributed by atoms with E-state index in [0.29, 0.717) is 6.42 Å². The molecule has 0 radical (unpaired) electrons. The summed E-state index contributed by atoms with van der Waals surface area (Å²) >= 11 is 0. The first-order chi connectivity index (χ1) is 16.3. The normalized spacial score (nSPS) is 21.3. The molecule has 6 heteroatoms. The van der Waals surface area contributed by atoms with Crippen LogP contribution >= 0.6 is 0 Å². The third kappa shape index (κ3) is 3.03. The zero-order valence-corrected chi connectivity index (χ0v) is 17.6. The molecule has 33 heavy (non-hydrogen) atoms. The largest absolute Gasteiger partial charge is 0.464 e. The van der Waals surface area contributed by atoms with Gasteiger partial charge in [0.15, 0.2) is 0 Å². The number of allylic oxidation sites excluding steroid dienone is 3. The van der Waals surface area contributed by atoms with Gasteiger partial charge in [-0.2, -0.15) is 0 Å². The molecule has 4 aromatic rings. The number of aliphatic imine (C=N–C) groups is 4. The smallest absolute Gasteiger partial charge is 0.134 e. The quantitative estimate of drug-likeness (QED) is 0.380. The second kappa shape index (κ2) is 7.10. The van der Waals surface area contributed by atoms with E-state index >= 15 is 0 Å². The highest BCUT2D eigenvalue weighted by Gasteiger charge is 2.27. The number of rotatable bonds is 2. The first-order valence-corrected chi connectivity index (χ1v) is 10.9. The van der Waals surface area contributed by atoms with Gasteiger partial charge in [-0.25, -0.2) is 20.0 Å². The molecular weight excluding hydrogens is 412 g/mol. The van der Waals surface area contributed by atoms with Gasteiger partial charge in [-0.1, -0.05) is 24.3 Å². The van der Waals surface area contributed by atoms with E-state index in [4.69, 9.17) is 18.8 Å². The van der Waals surface area contributed by atoms with Crippen LogP contribution < -0.4 is 0 Å². The summed E-state index contributed by atoms with van der Waals surface area (Å²) in [7, 11) is 0. The highest BCUT2D eigenvalue weighted by molar-refractivity contribution is 6.21. The lowest BCUT2D eigenvalue weighted by Crippen LogP contribution is -2.16. The van der Waals surface area contributed by atoms with E-state index in [1.165, 1.54) is 0 Å². The maximum absolute atomic E-state index is 5.63. The number of nitrogens with zero attached hydrogens (tertiary/aromatic N) is 4. The van der Waals surface area contributed by atoms with Crippen LogP contribution in [0.3, 0.4) is 0 Å². The third-order valence-corrected chi connectivity index (χ3v) is 6.35. The Kier molecular flexibility index (Phi) is 3.93. The molecule has 0 N–H and O–H groups in total. The van der Waals surface area contributed by atoms with E-state index in [1.807, 2.05) is 36.4 Å². The minimum absolute atomic E-state index is 0.126. The fourth-order valence-electron chi connectivity index (χ4n) is 4.82. The van der Waals surface area contributed by atoms with Crippen LogP contribution in [0.25, 0.3) is 27.6 Å². The van der Waals surface area contributed by atoms with E-state index in [-0.39, 0.29) is 5.92 Å². The fraction of sp³-hybridized carbons (Fsp3) is 0.111. The van der Waals surface area contributed by atoms with Gasteiger partial charge in [-0.3, -0.25) is 0 Å². The molecule has 3 aliphatic heterocycles. The Bertz CT molecular complexity index is 1550. The fourth-order valence-corrected chi connectivity index (χ4v) is 4.82. The van der Waals surface area contributed by atoms with Crippen LogP contribution in [0.1, 0.15) is 24.0 Å². The third-order valence-electron chi connectivity index (χ3n) is 6.35. The maximum Gasteiger partial charge on any atom is 0.134 e. The SMILES string of the molecule is C1=NC2=N/C(c3cccc4occc34)=C\C3=CC(c4cccc5occc45)=NC(=N1)C(C3)C2. The average Bonchev–Trinajstić information content (AvgIpc) is 3.40. The summed E-state index contributed by atoms with van der Waals surface area (Å²) in [6.45, 7) is 0. The molecule has 7 rings (SSSR count). The Morgan fingerprint density at radius 2 is 1.52 bits per heavy atom. The van der Waals surface area contributed by atoms with Gasteiger partial charge in [-0.15, -0.1) is 0 Å². The van der Waals surface area contributed by atoms with Gasteiger partial charge in [0.1, 0.15) is 29.2 Å². The highest BCUT2D eigenvalue weighted by atomic mass is 16.3. The molecule has 0 saturated heterocycles. The number of benzene rings is 2. The monoisotopic (exact) mass is 430 g/mol. The van der Waals surface area contributed by atoms with E-state index in [2.05, 4.69) is 34.3 Å². The van der Waals surface area contributed by atoms with Gasteiger partial charge in [0.25, 0.3) is 0 Å². The molecule has 2 aromatic carbocycles. The van der Waals surface area contributed by atoms with Crippen molar-refractivity contribution in [2.45, 2.75) is 12.8 Å². The first kappa shape index (κ1) is 18.3. The number of hydrogen-bond donors (Lipinski definition) is 0. The molecule has 1 atom stereocenters. The lowest BCUT2D eigenvalue weighted by atomic mass is 9.91. The maximum atomic E-state index is 5.63. The van der Waals surface area contributed by atoms with E-state index in [9.17, 15) is 0 Å². The lowest BCUT2D eigenvalue weighted by Gasteiger charge is -2.17.